The Hall–Kier alpha value is -1.26. The molecule has 0 aromatic carbocycles. The third-order valence-corrected chi connectivity index (χ3v) is 2.29. The van der Waals surface area contributed by atoms with E-state index in [9.17, 15) is 4.79 Å². The lowest BCUT2D eigenvalue weighted by Crippen LogP contribution is -2.78. The number of hydrogen-bond acceptors (Lipinski definition) is 1. The molecule has 0 spiro atoms. The summed E-state index contributed by atoms with van der Waals surface area (Å²) in [6.07, 6.45) is 2.76. The summed E-state index contributed by atoms with van der Waals surface area (Å²) in [6, 6.07) is 0. The molecule has 5 heteroatoms. The number of nitrogens with one attached hydrogen (secondary N) is 2. The number of carbonyl (C=O) groups is 1. The van der Waals surface area contributed by atoms with Crippen molar-refractivity contribution in [3.8, 4) is 0 Å². The van der Waals surface area contributed by atoms with E-state index in [1.54, 1.807) is 0 Å². The van der Waals surface area contributed by atoms with Gasteiger partial charge in [-0.25, -0.2) is 0 Å². The Labute approximate surface area is 91.3 Å². The fraction of sp³-hybridized carbons (Fsp3) is 0.800. The quantitative estimate of drug-likeness (QED) is 0.231. The smallest absolute Gasteiger partial charge is 0.338 e. The van der Waals surface area contributed by atoms with Crippen LogP contribution >= 0.6 is 0 Å². The second-order valence-corrected chi connectivity index (χ2v) is 3.69. The fourth-order valence-corrected chi connectivity index (χ4v) is 1.05. The Kier molecular flexibility index (Phi) is 7.40. The molecule has 0 aromatic rings. The predicted molar refractivity (Wildman–Crippen MR) is 60.9 cm³/mol. The summed E-state index contributed by atoms with van der Waals surface area (Å²) in [5.74, 6) is 0.491. The van der Waals surface area contributed by atoms with E-state index in [0.29, 0.717) is 0 Å². The second kappa shape index (κ2) is 8.08. The average molecular weight is 215 g/mol. The van der Waals surface area contributed by atoms with E-state index in [2.05, 4.69) is 10.3 Å². The number of amides is 1. The lowest BCUT2D eigenvalue weighted by Gasteiger charge is -2.08. The van der Waals surface area contributed by atoms with Crippen molar-refractivity contribution in [2.75, 3.05) is 13.1 Å². The van der Waals surface area contributed by atoms with Crippen LogP contribution in [-0.2, 0) is 4.79 Å². The first kappa shape index (κ1) is 13.7. The molecular weight excluding hydrogens is 192 g/mol. The molecule has 88 valence electrons. The number of nitrogens with two attached hydrogens (primary N) is 2. The second-order valence-electron chi connectivity index (χ2n) is 3.69. The molecule has 1 amide bonds. The summed E-state index contributed by atoms with van der Waals surface area (Å²) >= 11 is 0. The number of rotatable bonds is 7. The molecule has 1 unspecified atom stereocenters. The summed E-state index contributed by atoms with van der Waals surface area (Å²) in [6.45, 7) is 5.41. The van der Waals surface area contributed by atoms with Crippen LogP contribution in [0, 0.1) is 5.92 Å². The van der Waals surface area contributed by atoms with Crippen molar-refractivity contribution in [3.63, 3.8) is 0 Å². The van der Waals surface area contributed by atoms with E-state index in [1.165, 1.54) is 0 Å². The van der Waals surface area contributed by atoms with Crippen molar-refractivity contribution in [2.45, 2.75) is 33.1 Å². The van der Waals surface area contributed by atoms with Gasteiger partial charge in [0.2, 0.25) is 5.91 Å². The van der Waals surface area contributed by atoms with Gasteiger partial charge in [-0.15, -0.1) is 0 Å². The number of unbranched alkanes of at least 4 members (excludes halogenated alkanes) is 1. The topological polar surface area (TPSA) is 95.1 Å². The molecule has 6 N–H and O–H groups in total. The first-order valence-electron chi connectivity index (χ1n) is 5.47. The van der Waals surface area contributed by atoms with Crippen LogP contribution in [0.5, 0.6) is 0 Å². The van der Waals surface area contributed by atoms with Crippen LogP contribution in [0.25, 0.3) is 0 Å². The maximum absolute atomic E-state index is 11.3. The standard InChI is InChI=1S/C10H22N4O/c1-3-8(2)9(15)13-6-4-5-7-14-10(11)12/h8H,3-7H2,1-2H3,(H,13,15)(H4,11,12,14)/p+1. The Morgan fingerprint density at radius 2 is 2.07 bits per heavy atom. The van der Waals surface area contributed by atoms with Crippen LogP contribution in [0.1, 0.15) is 33.1 Å². The van der Waals surface area contributed by atoms with Crippen molar-refractivity contribution < 1.29 is 9.79 Å². The van der Waals surface area contributed by atoms with Gasteiger partial charge in [-0.2, -0.15) is 0 Å². The summed E-state index contributed by atoms with van der Waals surface area (Å²) < 4.78 is 0. The van der Waals surface area contributed by atoms with Crippen LogP contribution < -0.4 is 21.8 Å². The minimum Gasteiger partial charge on any atom is -0.356 e. The Morgan fingerprint density at radius 1 is 1.40 bits per heavy atom. The highest BCUT2D eigenvalue weighted by molar-refractivity contribution is 5.78. The predicted octanol–water partition coefficient (Wildman–Crippen LogP) is -1.72. The van der Waals surface area contributed by atoms with Gasteiger partial charge in [-0.05, 0) is 19.3 Å². The van der Waals surface area contributed by atoms with Gasteiger partial charge in [0.05, 0.1) is 6.54 Å². The number of hydrogen-bond donors (Lipinski definition) is 4. The first-order chi connectivity index (χ1) is 7.07. The third-order valence-electron chi connectivity index (χ3n) is 2.29. The summed E-state index contributed by atoms with van der Waals surface area (Å²) in [5, 5.41) is 2.89. The van der Waals surface area contributed by atoms with Gasteiger partial charge in [-0.3, -0.25) is 21.3 Å². The minimum absolute atomic E-state index is 0.108. The molecule has 0 bridgehead atoms. The molecule has 0 fully saturated rings. The molecule has 0 radical (unpaired) electrons. The van der Waals surface area contributed by atoms with Gasteiger partial charge in [-0.1, -0.05) is 13.8 Å². The van der Waals surface area contributed by atoms with Crippen LogP contribution in [-0.4, -0.2) is 25.0 Å². The van der Waals surface area contributed by atoms with Crippen molar-refractivity contribution in [3.05, 3.63) is 0 Å². The molecule has 0 saturated heterocycles. The van der Waals surface area contributed by atoms with Crippen LogP contribution in [0.3, 0.4) is 0 Å². The molecular formula is C10H23N4O+. The zero-order valence-electron chi connectivity index (χ0n) is 9.68. The highest BCUT2D eigenvalue weighted by Gasteiger charge is 2.08. The zero-order chi connectivity index (χ0) is 11.7. The van der Waals surface area contributed by atoms with Gasteiger partial charge in [0.1, 0.15) is 0 Å². The Morgan fingerprint density at radius 3 is 2.60 bits per heavy atom. The van der Waals surface area contributed by atoms with Gasteiger partial charge in [0.25, 0.3) is 0 Å². The van der Waals surface area contributed by atoms with E-state index in [1.807, 2.05) is 13.8 Å². The third kappa shape index (κ3) is 7.78. The zero-order valence-corrected chi connectivity index (χ0v) is 9.68. The molecule has 0 saturated carbocycles. The van der Waals surface area contributed by atoms with Crippen LogP contribution in [0.4, 0.5) is 0 Å². The number of guanidine groups is 1. The van der Waals surface area contributed by atoms with Crippen molar-refractivity contribution in [1.82, 2.24) is 5.32 Å². The summed E-state index contributed by atoms with van der Waals surface area (Å²) in [7, 11) is 0. The van der Waals surface area contributed by atoms with Crippen molar-refractivity contribution in [1.29, 1.82) is 0 Å². The molecule has 0 aliphatic rings. The summed E-state index contributed by atoms with van der Waals surface area (Å²) in [5.41, 5.74) is 10.5. The molecule has 15 heavy (non-hydrogen) atoms. The van der Waals surface area contributed by atoms with Gasteiger partial charge in [0.15, 0.2) is 0 Å². The largest absolute Gasteiger partial charge is 0.356 e. The van der Waals surface area contributed by atoms with E-state index in [-0.39, 0.29) is 17.8 Å². The first-order valence-corrected chi connectivity index (χ1v) is 5.47. The molecule has 1 atom stereocenters. The van der Waals surface area contributed by atoms with Gasteiger partial charge < -0.3 is 5.32 Å². The molecule has 0 aromatic heterocycles. The minimum atomic E-state index is 0.108. The highest BCUT2D eigenvalue weighted by atomic mass is 16.1. The number of carbonyl (C=O) groups excluding carboxylic acids is 1. The van der Waals surface area contributed by atoms with E-state index in [0.717, 1.165) is 32.4 Å². The molecule has 0 heterocycles. The lowest BCUT2D eigenvalue weighted by molar-refractivity contribution is -0.459. The Balaban J connectivity index is 3.39. The summed E-state index contributed by atoms with van der Waals surface area (Å²) in [4.78, 5) is 14.2. The van der Waals surface area contributed by atoms with Crippen molar-refractivity contribution in [2.24, 2.45) is 17.4 Å². The normalized spacial score (nSPS) is 11.9. The fourth-order valence-electron chi connectivity index (χ4n) is 1.05. The monoisotopic (exact) mass is 215 g/mol. The van der Waals surface area contributed by atoms with Crippen LogP contribution in [0.15, 0.2) is 0 Å². The molecule has 5 nitrogen and oxygen atoms in total. The molecule has 0 aliphatic carbocycles. The maximum atomic E-state index is 11.3. The SMILES string of the molecule is CCC(C)C(=O)NCCCC[NH+]=C(N)N. The Bertz CT molecular complexity index is 211. The molecule has 0 rings (SSSR count). The lowest BCUT2D eigenvalue weighted by atomic mass is 10.1. The van der Waals surface area contributed by atoms with Crippen LogP contribution in [0.2, 0.25) is 0 Å². The van der Waals surface area contributed by atoms with E-state index < -0.39 is 0 Å². The molecule has 0 aliphatic heterocycles. The average Bonchev–Trinajstić information content (AvgIpc) is 2.21. The van der Waals surface area contributed by atoms with E-state index in [4.69, 9.17) is 11.5 Å². The van der Waals surface area contributed by atoms with Gasteiger partial charge in [0, 0.05) is 12.5 Å². The maximum Gasteiger partial charge on any atom is 0.338 e. The van der Waals surface area contributed by atoms with Crippen molar-refractivity contribution >= 4 is 11.9 Å². The highest BCUT2D eigenvalue weighted by Crippen LogP contribution is 1.99. The van der Waals surface area contributed by atoms with Gasteiger partial charge >= 0.3 is 5.96 Å². The van der Waals surface area contributed by atoms with E-state index >= 15 is 0 Å².